The van der Waals surface area contributed by atoms with E-state index in [4.69, 9.17) is 0 Å². The Labute approximate surface area is 89.3 Å². The molecule has 5 heteroatoms. The molecule has 84 valence electrons. The van der Waals surface area contributed by atoms with Gasteiger partial charge in [-0.3, -0.25) is 14.4 Å². The topological polar surface area (TPSA) is 58.4 Å². The van der Waals surface area contributed by atoms with Crippen LogP contribution in [-0.2, 0) is 11.8 Å². The number of aliphatic carboxylic acids is 1. The maximum Gasteiger partial charge on any atom is 0.325 e. The molecule has 1 heterocycles. The molecule has 1 N–H and O–H groups in total. The highest BCUT2D eigenvalue weighted by molar-refractivity contribution is 5.76. The van der Waals surface area contributed by atoms with Crippen LogP contribution in [0.25, 0.3) is 0 Å². The number of carboxylic acid groups (broad SMARTS) is 1. The quantitative estimate of drug-likeness (QED) is 0.800. The fraction of sp³-hybridized carbons (Fsp3) is 0.600. The highest BCUT2D eigenvalue weighted by Crippen LogP contribution is 2.24. The lowest BCUT2D eigenvalue weighted by Gasteiger charge is -2.20. The molecule has 0 saturated carbocycles. The molecule has 0 saturated heterocycles. The first-order chi connectivity index (χ1) is 6.86. The molecule has 0 aromatic carbocycles. The molecule has 0 aliphatic heterocycles. The number of hydrogen-bond donors (Lipinski definition) is 1. The summed E-state index contributed by atoms with van der Waals surface area (Å²) >= 11 is 0. The predicted octanol–water partition coefficient (Wildman–Crippen LogP) is 0.724. The van der Waals surface area contributed by atoms with Gasteiger partial charge < -0.3 is 5.11 Å². The van der Waals surface area contributed by atoms with E-state index in [1.54, 1.807) is 23.7 Å². The molecule has 15 heavy (non-hydrogen) atoms. The minimum atomic E-state index is -0.848. The minimum absolute atomic E-state index is 0.626. The Balaban J connectivity index is 3.28. The second-order valence-electron chi connectivity index (χ2n) is 3.91. The molecule has 0 bridgehead atoms. The van der Waals surface area contributed by atoms with Crippen molar-refractivity contribution >= 4 is 5.97 Å². The van der Waals surface area contributed by atoms with Crippen LogP contribution in [0.3, 0.4) is 0 Å². The van der Waals surface area contributed by atoms with Gasteiger partial charge in [-0.1, -0.05) is 0 Å². The van der Waals surface area contributed by atoms with Gasteiger partial charge in [0.15, 0.2) is 0 Å². The van der Waals surface area contributed by atoms with Crippen molar-refractivity contribution in [3.63, 3.8) is 0 Å². The fourth-order valence-corrected chi connectivity index (χ4v) is 1.79. The monoisotopic (exact) mass is 211 g/mol. The lowest BCUT2D eigenvalue weighted by atomic mass is 10.0. The van der Waals surface area contributed by atoms with Gasteiger partial charge in [0.2, 0.25) is 0 Å². The number of aryl methyl sites for hydroxylation is 2. The Hall–Kier alpha value is -1.36. The summed E-state index contributed by atoms with van der Waals surface area (Å²) in [6.07, 6.45) is 0. The van der Waals surface area contributed by atoms with Gasteiger partial charge in [0.25, 0.3) is 0 Å². The van der Waals surface area contributed by atoms with E-state index in [-0.39, 0.29) is 0 Å². The zero-order chi connectivity index (χ0) is 11.7. The first kappa shape index (κ1) is 11.7. The summed E-state index contributed by atoms with van der Waals surface area (Å²) in [7, 11) is 5.33. The third-order valence-electron chi connectivity index (χ3n) is 2.59. The van der Waals surface area contributed by atoms with Crippen molar-refractivity contribution in [2.75, 3.05) is 14.1 Å². The van der Waals surface area contributed by atoms with Crippen LogP contribution in [0.5, 0.6) is 0 Å². The molecule has 0 spiro atoms. The maximum atomic E-state index is 11.2. The van der Waals surface area contributed by atoms with Gasteiger partial charge in [-0.05, 0) is 27.9 Å². The lowest BCUT2D eigenvalue weighted by Crippen LogP contribution is -2.28. The summed E-state index contributed by atoms with van der Waals surface area (Å²) < 4.78 is 1.71. The molecule has 0 aliphatic carbocycles. The van der Waals surface area contributed by atoms with Gasteiger partial charge in [-0.2, -0.15) is 5.10 Å². The third kappa shape index (κ3) is 2.02. The maximum absolute atomic E-state index is 11.2. The number of carboxylic acids is 1. The molecule has 5 nitrogen and oxygen atoms in total. The summed E-state index contributed by atoms with van der Waals surface area (Å²) in [5.41, 5.74) is 2.46. The first-order valence-electron chi connectivity index (χ1n) is 4.75. The van der Waals surface area contributed by atoms with Crippen molar-refractivity contribution in [1.82, 2.24) is 14.7 Å². The van der Waals surface area contributed by atoms with Gasteiger partial charge in [0, 0.05) is 18.3 Å². The second-order valence-corrected chi connectivity index (χ2v) is 3.91. The van der Waals surface area contributed by atoms with Gasteiger partial charge in [0.1, 0.15) is 6.04 Å². The van der Waals surface area contributed by atoms with Crippen molar-refractivity contribution in [1.29, 1.82) is 0 Å². The number of likely N-dealkylation sites (N-methyl/N-ethyl adjacent to an activating group) is 1. The zero-order valence-corrected chi connectivity index (χ0v) is 9.77. The summed E-state index contributed by atoms with van der Waals surface area (Å²) in [4.78, 5) is 12.9. The minimum Gasteiger partial charge on any atom is -0.480 e. The lowest BCUT2D eigenvalue weighted by molar-refractivity contribution is -0.142. The van der Waals surface area contributed by atoms with Crippen LogP contribution in [0.1, 0.15) is 23.0 Å². The normalized spacial score (nSPS) is 13.2. The molecule has 1 unspecified atom stereocenters. The number of aromatic nitrogens is 2. The molecule has 1 atom stereocenters. The largest absolute Gasteiger partial charge is 0.480 e. The van der Waals surface area contributed by atoms with Crippen molar-refractivity contribution in [2.24, 2.45) is 7.05 Å². The standard InChI is InChI=1S/C10H17N3O2/c1-6-8(7(2)13(5)11-6)9(10(14)15)12(3)4/h9H,1-5H3,(H,14,15). The smallest absolute Gasteiger partial charge is 0.325 e. The molecule has 1 aromatic rings. The molecule has 1 rings (SSSR count). The van der Waals surface area contributed by atoms with Gasteiger partial charge in [-0.25, -0.2) is 0 Å². The molecule has 0 amide bonds. The molecule has 0 fully saturated rings. The fourth-order valence-electron chi connectivity index (χ4n) is 1.79. The van der Waals surface area contributed by atoms with E-state index < -0.39 is 12.0 Å². The van der Waals surface area contributed by atoms with Crippen LogP contribution in [0.2, 0.25) is 0 Å². The highest BCUT2D eigenvalue weighted by atomic mass is 16.4. The van der Waals surface area contributed by atoms with Crippen LogP contribution in [-0.4, -0.2) is 39.9 Å². The van der Waals surface area contributed by atoms with E-state index in [1.807, 2.05) is 20.9 Å². The Morgan fingerprint density at radius 1 is 1.47 bits per heavy atom. The SMILES string of the molecule is Cc1nn(C)c(C)c1C(C(=O)O)N(C)C. The predicted molar refractivity (Wildman–Crippen MR) is 56.7 cm³/mol. The molecular formula is C10H17N3O2. The number of nitrogens with zero attached hydrogens (tertiary/aromatic N) is 3. The Bertz CT molecular complexity index is 382. The summed E-state index contributed by atoms with van der Waals surface area (Å²) in [6.45, 7) is 3.72. The first-order valence-corrected chi connectivity index (χ1v) is 4.75. The van der Waals surface area contributed by atoms with Crippen LogP contribution in [0.4, 0.5) is 0 Å². The average molecular weight is 211 g/mol. The Morgan fingerprint density at radius 2 is 2.00 bits per heavy atom. The second kappa shape index (κ2) is 4.02. The van der Waals surface area contributed by atoms with Crippen molar-refractivity contribution in [3.8, 4) is 0 Å². The summed E-state index contributed by atoms with van der Waals surface area (Å²) in [5, 5.41) is 13.4. The van der Waals surface area contributed by atoms with Crippen LogP contribution in [0, 0.1) is 13.8 Å². The van der Waals surface area contributed by atoms with E-state index in [2.05, 4.69) is 5.10 Å². The van der Waals surface area contributed by atoms with Crippen LogP contribution in [0.15, 0.2) is 0 Å². The third-order valence-corrected chi connectivity index (χ3v) is 2.59. The average Bonchev–Trinajstić information content (AvgIpc) is 2.31. The van der Waals surface area contributed by atoms with Crippen molar-refractivity contribution in [3.05, 3.63) is 17.0 Å². The van der Waals surface area contributed by atoms with Gasteiger partial charge in [0.05, 0.1) is 5.69 Å². The van der Waals surface area contributed by atoms with E-state index >= 15 is 0 Å². The van der Waals surface area contributed by atoms with E-state index in [0.717, 1.165) is 17.0 Å². The molecule has 0 radical (unpaired) electrons. The zero-order valence-electron chi connectivity index (χ0n) is 9.77. The van der Waals surface area contributed by atoms with Crippen LogP contribution >= 0.6 is 0 Å². The van der Waals surface area contributed by atoms with E-state index in [1.165, 1.54) is 0 Å². The van der Waals surface area contributed by atoms with Gasteiger partial charge in [-0.15, -0.1) is 0 Å². The Morgan fingerprint density at radius 3 is 2.27 bits per heavy atom. The Kier molecular flexibility index (Phi) is 3.14. The van der Waals surface area contributed by atoms with E-state index in [9.17, 15) is 9.90 Å². The summed E-state index contributed by atoms with van der Waals surface area (Å²) in [6, 6.07) is -0.626. The van der Waals surface area contributed by atoms with Crippen LogP contribution < -0.4 is 0 Å². The molecular weight excluding hydrogens is 194 g/mol. The highest BCUT2D eigenvalue weighted by Gasteiger charge is 2.28. The van der Waals surface area contributed by atoms with Crippen molar-refractivity contribution < 1.29 is 9.90 Å². The van der Waals surface area contributed by atoms with E-state index in [0.29, 0.717) is 0 Å². The number of carbonyl (C=O) groups is 1. The summed E-state index contributed by atoms with van der Waals surface area (Å²) in [5.74, 6) is -0.848. The van der Waals surface area contributed by atoms with Gasteiger partial charge >= 0.3 is 5.97 Å². The number of rotatable bonds is 3. The van der Waals surface area contributed by atoms with Crippen molar-refractivity contribution in [2.45, 2.75) is 19.9 Å². The molecule has 1 aromatic heterocycles. The number of hydrogen-bond acceptors (Lipinski definition) is 3. The molecule has 0 aliphatic rings.